The molecule has 1 heterocycles. The standard InChI is InChI=1S/C8H15NO3S/c1-8(2,3)12-7(10)9-4-6(13)5-11-9/h6,13H,4-5H2,1-3H3. The van der Waals surface area contributed by atoms with Crippen molar-refractivity contribution in [3.8, 4) is 0 Å². The first-order valence-corrected chi connectivity index (χ1v) is 4.71. The van der Waals surface area contributed by atoms with Crippen molar-refractivity contribution in [2.75, 3.05) is 13.2 Å². The summed E-state index contributed by atoms with van der Waals surface area (Å²) >= 11 is 4.18. The monoisotopic (exact) mass is 205 g/mol. The largest absolute Gasteiger partial charge is 0.442 e. The van der Waals surface area contributed by atoms with Crippen LogP contribution in [0, 0.1) is 0 Å². The Hall–Kier alpha value is -0.420. The van der Waals surface area contributed by atoms with Gasteiger partial charge in [0.2, 0.25) is 0 Å². The highest BCUT2D eigenvalue weighted by atomic mass is 32.1. The predicted octanol–water partition coefficient (Wildman–Crippen LogP) is 1.47. The number of ether oxygens (including phenoxy) is 1. The van der Waals surface area contributed by atoms with Crippen molar-refractivity contribution < 1.29 is 14.4 Å². The number of thiol groups is 1. The lowest BCUT2D eigenvalue weighted by atomic mass is 10.2. The highest BCUT2D eigenvalue weighted by molar-refractivity contribution is 7.81. The van der Waals surface area contributed by atoms with E-state index in [1.807, 2.05) is 20.8 Å². The molecule has 1 amide bonds. The van der Waals surface area contributed by atoms with Crippen molar-refractivity contribution >= 4 is 18.7 Å². The average Bonchev–Trinajstić information content (AvgIpc) is 2.31. The highest BCUT2D eigenvalue weighted by Crippen LogP contribution is 2.15. The van der Waals surface area contributed by atoms with Crippen LogP contribution in [-0.4, -0.2) is 35.2 Å². The van der Waals surface area contributed by atoms with Gasteiger partial charge in [0.25, 0.3) is 0 Å². The SMILES string of the molecule is CC(C)(C)OC(=O)N1CC(S)CO1. The number of amides is 1. The van der Waals surface area contributed by atoms with Crippen LogP contribution in [0.25, 0.3) is 0 Å². The van der Waals surface area contributed by atoms with Crippen LogP contribution in [0.15, 0.2) is 0 Å². The molecule has 4 nitrogen and oxygen atoms in total. The lowest BCUT2D eigenvalue weighted by Gasteiger charge is -2.23. The van der Waals surface area contributed by atoms with Gasteiger partial charge in [-0.2, -0.15) is 17.7 Å². The van der Waals surface area contributed by atoms with Gasteiger partial charge in [0.15, 0.2) is 0 Å². The smallest absolute Gasteiger partial charge is 0.434 e. The summed E-state index contributed by atoms with van der Waals surface area (Å²) in [5.41, 5.74) is -0.477. The molecule has 0 aliphatic carbocycles. The van der Waals surface area contributed by atoms with Crippen LogP contribution in [0.2, 0.25) is 0 Å². The van der Waals surface area contributed by atoms with Crippen molar-refractivity contribution in [2.45, 2.75) is 31.6 Å². The van der Waals surface area contributed by atoms with Gasteiger partial charge < -0.3 is 4.74 Å². The number of hydrogen-bond acceptors (Lipinski definition) is 4. The van der Waals surface area contributed by atoms with Crippen LogP contribution < -0.4 is 0 Å². The lowest BCUT2D eigenvalue weighted by molar-refractivity contribution is -0.107. The van der Waals surface area contributed by atoms with E-state index in [0.29, 0.717) is 13.2 Å². The second-order valence-corrected chi connectivity index (χ2v) is 4.72. The summed E-state index contributed by atoms with van der Waals surface area (Å²) in [7, 11) is 0. The Bertz CT molecular complexity index is 202. The molecule has 0 spiro atoms. The van der Waals surface area contributed by atoms with E-state index in [-0.39, 0.29) is 5.25 Å². The summed E-state index contributed by atoms with van der Waals surface area (Å²) in [5, 5.41) is 1.30. The van der Waals surface area contributed by atoms with Crippen LogP contribution >= 0.6 is 12.6 Å². The highest BCUT2D eigenvalue weighted by Gasteiger charge is 2.29. The summed E-state index contributed by atoms with van der Waals surface area (Å²) in [4.78, 5) is 16.4. The Labute approximate surface area is 83.5 Å². The van der Waals surface area contributed by atoms with Crippen LogP contribution in [0.3, 0.4) is 0 Å². The van der Waals surface area contributed by atoms with Gasteiger partial charge in [-0.05, 0) is 20.8 Å². The van der Waals surface area contributed by atoms with Gasteiger partial charge in [-0.25, -0.2) is 4.79 Å². The molecule has 0 aromatic rings. The first kappa shape index (κ1) is 10.7. The van der Waals surface area contributed by atoms with Crippen LogP contribution in [0.4, 0.5) is 4.79 Å². The van der Waals surface area contributed by atoms with Crippen LogP contribution in [-0.2, 0) is 9.57 Å². The van der Waals surface area contributed by atoms with Gasteiger partial charge in [-0.3, -0.25) is 4.84 Å². The molecule has 5 heteroatoms. The molecule has 76 valence electrons. The maximum absolute atomic E-state index is 11.4. The molecule has 1 fully saturated rings. The predicted molar refractivity (Wildman–Crippen MR) is 51.7 cm³/mol. The van der Waals surface area contributed by atoms with Crippen molar-refractivity contribution in [2.24, 2.45) is 0 Å². The molecule has 1 aliphatic heterocycles. The van der Waals surface area contributed by atoms with Crippen molar-refractivity contribution in [1.82, 2.24) is 5.06 Å². The van der Waals surface area contributed by atoms with Crippen LogP contribution in [0.1, 0.15) is 20.8 Å². The molecule has 0 bridgehead atoms. The first-order valence-electron chi connectivity index (χ1n) is 4.20. The minimum atomic E-state index is -0.477. The van der Waals surface area contributed by atoms with Gasteiger partial charge in [0.05, 0.1) is 13.2 Å². The van der Waals surface area contributed by atoms with E-state index >= 15 is 0 Å². The van der Waals surface area contributed by atoms with Gasteiger partial charge in [0.1, 0.15) is 5.60 Å². The number of hydroxylamine groups is 2. The van der Waals surface area contributed by atoms with E-state index in [9.17, 15) is 4.79 Å². The zero-order chi connectivity index (χ0) is 10.1. The minimum absolute atomic E-state index is 0.0903. The summed E-state index contributed by atoms with van der Waals surface area (Å²) in [5.74, 6) is 0. The third-order valence-corrected chi connectivity index (χ3v) is 1.71. The third-order valence-electron chi connectivity index (χ3n) is 1.40. The Morgan fingerprint density at radius 3 is 2.62 bits per heavy atom. The molecule has 0 aromatic carbocycles. The molecule has 0 aromatic heterocycles. The zero-order valence-corrected chi connectivity index (χ0v) is 9.01. The fourth-order valence-electron chi connectivity index (χ4n) is 0.913. The fraction of sp³-hybridized carbons (Fsp3) is 0.875. The molecule has 13 heavy (non-hydrogen) atoms. The topological polar surface area (TPSA) is 38.8 Å². The molecule has 1 aliphatic rings. The second kappa shape index (κ2) is 3.75. The van der Waals surface area contributed by atoms with E-state index in [4.69, 9.17) is 9.57 Å². The maximum atomic E-state index is 11.4. The average molecular weight is 205 g/mol. The van der Waals surface area contributed by atoms with Crippen LogP contribution in [0.5, 0.6) is 0 Å². The van der Waals surface area contributed by atoms with Gasteiger partial charge in [-0.1, -0.05) is 0 Å². The van der Waals surface area contributed by atoms with Crippen molar-refractivity contribution in [1.29, 1.82) is 0 Å². The maximum Gasteiger partial charge on any atom is 0.434 e. The van der Waals surface area contributed by atoms with E-state index in [0.717, 1.165) is 0 Å². The second-order valence-electron chi connectivity index (χ2n) is 3.99. The molecule has 0 radical (unpaired) electrons. The fourth-order valence-corrected chi connectivity index (χ4v) is 1.13. The van der Waals surface area contributed by atoms with E-state index in [1.165, 1.54) is 5.06 Å². The molecule has 1 atom stereocenters. The Morgan fingerprint density at radius 1 is 1.62 bits per heavy atom. The molecule has 1 rings (SSSR count). The zero-order valence-electron chi connectivity index (χ0n) is 8.11. The summed E-state index contributed by atoms with van der Waals surface area (Å²) in [6.07, 6.45) is -0.441. The Morgan fingerprint density at radius 2 is 2.23 bits per heavy atom. The Balaban J connectivity index is 2.41. The summed E-state index contributed by atoms with van der Waals surface area (Å²) < 4.78 is 5.10. The van der Waals surface area contributed by atoms with E-state index in [2.05, 4.69) is 12.6 Å². The number of rotatable bonds is 0. The molecule has 0 saturated carbocycles. The summed E-state index contributed by atoms with van der Waals surface area (Å²) in [6.45, 7) is 6.40. The minimum Gasteiger partial charge on any atom is -0.442 e. The lowest BCUT2D eigenvalue weighted by Crippen LogP contribution is -2.34. The van der Waals surface area contributed by atoms with Gasteiger partial charge >= 0.3 is 6.09 Å². The van der Waals surface area contributed by atoms with E-state index < -0.39 is 11.7 Å². The summed E-state index contributed by atoms with van der Waals surface area (Å²) in [6, 6.07) is 0. The normalized spacial score (nSPS) is 23.4. The molecular weight excluding hydrogens is 190 g/mol. The number of hydrogen-bond donors (Lipinski definition) is 1. The van der Waals surface area contributed by atoms with Crippen molar-refractivity contribution in [3.63, 3.8) is 0 Å². The first-order chi connectivity index (χ1) is 5.88. The molecule has 1 saturated heterocycles. The number of carbonyl (C=O) groups is 1. The van der Waals surface area contributed by atoms with E-state index in [1.54, 1.807) is 0 Å². The quantitative estimate of drug-likeness (QED) is 0.609. The molecule has 1 unspecified atom stereocenters. The van der Waals surface area contributed by atoms with Gasteiger partial charge in [0, 0.05) is 5.25 Å². The molecule has 0 N–H and O–H groups in total. The third kappa shape index (κ3) is 3.44. The number of nitrogens with zero attached hydrogens (tertiary/aromatic N) is 1. The molecular formula is C8H15NO3S. The number of carbonyl (C=O) groups excluding carboxylic acids is 1. The van der Waals surface area contributed by atoms with Crippen molar-refractivity contribution in [3.05, 3.63) is 0 Å². The van der Waals surface area contributed by atoms with Gasteiger partial charge in [-0.15, -0.1) is 0 Å². The Kier molecular flexibility index (Phi) is 3.08.